The van der Waals surface area contributed by atoms with E-state index in [0.29, 0.717) is 24.4 Å². The van der Waals surface area contributed by atoms with Gasteiger partial charge in [0.05, 0.1) is 0 Å². The molecule has 1 heterocycles. The van der Waals surface area contributed by atoms with Crippen LogP contribution in [0.2, 0.25) is 0 Å². The van der Waals surface area contributed by atoms with Gasteiger partial charge in [0.25, 0.3) is 5.91 Å². The second-order valence-corrected chi connectivity index (χ2v) is 4.64. The number of aromatic nitrogens is 1. The zero-order valence-corrected chi connectivity index (χ0v) is 13.1. The summed E-state index contributed by atoms with van der Waals surface area (Å²) >= 11 is 0. The molecule has 0 aliphatic rings. The molecule has 1 amide bonds. The summed E-state index contributed by atoms with van der Waals surface area (Å²) in [6, 6.07) is 5.31. The molecule has 0 aliphatic carbocycles. The molecule has 0 atom stereocenters. The number of hydrogen-bond acceptors (Lipinski definition) is 5. The van der Waals surface area contributed by atoms with Crippen LogP contribution in [0.4, 0.5) is 0 Å². The van der Waals surface area contributed by atoms with Gasteiger partial charge in [0.15, 0.2) is 0 Å². The molecule has 8 nitrogen and oxygen atoms in total. The first-order chi connectivity index (χ1) is 10.8. The first kappa shape index (κ1) is 20.3. The van der Waals surface area contributed by atoms with Gasteiger partial charge in [-0.25, -0.2) is 9.59 Å². The lowest BCUT2D eigenvalue weighted by Gasteiger charge is -2.09. The van der Waals surface area contributed by atoms with E-state index < -0.39 is 11.9 Å². The third-order valence-electron chi connectivity index (χ3n) is 2.33. The van der Waals surface area contributed by atoms with Crippen LogP contribution in [0.3, 0.4) is 0 Å². The number of carboxylic acid groups (broad SMARTS) is 2. The van der Waals surface area contributed by atoms with Gasteiger partial charge in [-0.1, -0.05) is 6.07 Å². The van der Waals surface area contributed by atoms with Gasteiger partial charge in [-0.2, -0.15) is 0 Å². The normalized spacial score (nSPS) is 10.0. The summed E-state index contributed by atoms with van der Waals surface area (Å²) < 4.78 is 0. The highest BCUT2D eigenvalue weighted by molar-refractivity contribution is 5.92. The van der Waals surface area contributed by atoms with Crippen molar-refractivity contribution in [3.05, 3.63) is 42.2 Å². The molecule has 0 unspecified atom stereocenters. The quantitative estimate of drug-likeness (QED) is 0.493. The summed E-state index contributed by atoms with van der Waals surface area (Å²) in [5.74, 6) is -2.62. The SMILES string of the molecule is CN(C)CCCNC(=O)c1ccccn1.O=C(O)/C=C/C(=O)O. The molecule has 1 aromatic rings. The van der Waals surface area contributed by atoms with Crippen molar-refractivity contribution in [2.75, 3.05) is 27.2 Å². The van der Waals surface area contributed by atoms with Crippen molar-refractivity contribution in [3.8, 4) is 0 Å². The Balaban J connectivity index is 0.000000515. The number of nitrogens with one attached hydrogen (secondary N) is 1. The van der Waals surface area contributed by atoms with Gasteiger partial charge in [-0.05, 0) is 39.2 Å². The Morgan fingerprint density at radius 2 is 1.78 bits per heavy atom. The van der Waals surface area contributed by atoms with Crippen molar-refractivity contribution in [1.29, 1.82) is 0 Å². The van der Waals surface area contributed by atoms with Crippen LogP contribution in [-0.4, -0.2) is 65.1 Å². The second kappa shape index (κ2) is 11.9. The van der Waals surface area contributed by atoms with Crippen LogP contribution in [0, 0.1) is 0 Å². The number of nitrogens with zero attached hydrogens (tertiary/aromatic N) is 2. The molecule has 0 radical (unpaired) electrons. The Hall–Kier alpha value is -2.74. The van der Waals surface area contributed by atoms with Crippen LogP contribution in [-0.2, 0) is 9.59 Å². The summed E-state index contributed by atoms with van der Waals surface area (Å²) in [5.41, 5.74) is 0.474. The van der Waals surface area contributed by atoms with Crippen LogP contribution in [0.25, 0.3) is 0 Å². The summed E-state index contributed by atoms with van der Waals surface area (Å²) in [6.45, 7) is 1.66. The van der Waals surface area contributed by atoms with E-state index in [9.17, 15) is 14.4 Å². The van der Waals surface area contributed by atoms with Crippen LogP contribution in [0.15, 0.2) is 36.5 Å². The monoisotopic (exact) mass is 323 g/mol. The minimum absolute atomic E-state index is 0.102. The van der Waals surface area contributed by atoms with E-state index in [1.807, 2.05) is 20.2 Å². The van der Waals surface area contributed by atoms with Gasteiger partial charge in [-0.3, -0.25) is 9.78 Å². The maximum atomic E-state index is 11.5. The van der Waals surface area contributed by atoms with Crippen molar-refractivity contribution >= 4 is 17.8 Å². The average molecular weight is 323 g/mol. The van der Waals surface area contributed by atoms with E-state index >= 15 is 0 Å². The molecule has 0 saturated heterocycles. The van der Waals surface area contributed by atoms with Gasteiger partial charge < -0.3 is 20.4 Å². The number of carbonyl (C=O) groups is 3. The molecule has 0 aliphatic heterocycles. The lowest BCUT2D eigenvalue weighted by atomic mass is 10.3. The summed E-state index contributed by atoms with van der Waals surface area (Å²) in [5, 5.41) is 18.5. The Labute approximate surface area is 134 Å². The van der Waals surface area contributed by atoms with Crippen LogP contribution >= 0.6 is 0 Å². The van der Waals surface area contributed by atoms with E-state index in [2.05, 4.69) is 15.2 Å². The Kier molecular flexibility index (Phi) is 10.5. The van der Waals surface area contributed by atoms with Crippen molar-refractivity contribution < 1.29 is 24.6 Å². The standard InChI is InChI=1S/C11H17N3O.C4H4O4/c1-14(2)9-5-8-13-11(15)10-6-3-4-7-12-10;5-3(6)1-2-4(7)8/h3-4,6-7H,5,8-9H2,1-2H3,(H,13,15);1-2H,(H,5,6)(H,7,8)/b;2-1+. The number of hydrogen-bond donors (Lipinski definition) is 3. The Morgan fingerprint density at radius 3 is 2.22 bits per heavy atom. The second-order valence-electron chi connectivity index (χ2n) is 4.64. The van der Waals surface area contributed by atoms with Gasteiger partial charge in [-0.15, -0.1) is 0 Å². The van der Waals surface area contributed by atoms with Gasteiger partial charge in [0.2, 0.25) is 0 Å². The van der Waals surface area contributed by atoms with E-state index in [4.69, 9.17) is 10.2 Å². The molecule has 23 heavy (non-hydrogen) atoms. The summed E-state index contributed by atoms with van der Waals surface area (Å²) in [7, 11) is 4.03. The molecule has 1 rings (SSSR count). The third kappa shape index (κ3) is 12.7. The van der Waals surface area contributed by atoms with Gasteiger partial charge in [0.1, 0.15) is 5.69 Å². The fourth-order valence-electron chi connectivity index (χ4n) is 1.33. The zero-order valence-electron chi connectivity index (χ0n) is 13.1. The molecule has 0 fully saturated rings. The van der Waals surface area contributed by atoms with Crippen molar-refractivity contribution in [1.82, 2.24) is 15.2 Å². The van der Waals surface area contributed by atoms with E-state index in [1.165, 1.54) is 0 Å². The smallest absolute Gasteiger partial charge is 0.328 e. The lowest BCUT2D eigenvalue weighted by molar-refractivity contribution is -0.134. The maximum absolute atomic E-state index is 11.5. The number of pyridine rings is 1. The highest BCUT2D eigenvalue weighted by Crippen LogP contribution is 1.92. The molecule has 0 bridgehead atoms. The molecule has 0 aromatic carbocycles. The van der Waals surface area contributed by atoms with Crippen molar-refractivity contribution in [3.63, 3.8) is 0 Å². The van der Waals surface area contributed by atoms with E-state index in [-0.39, 0.29) is 5.91 Å². The fourth-order valence-corrected chi connectivity index (χ4v) is 1.33. The minimum Gasteiger partial charge on any atom is -0.478 e. The molecule has 3 N–H and O–H groups in total. The molecule has 8 heteroatoms. The van der Waals surface area contributed by atoms with Crippen molar-refractivity contribution in [2.45, 2.75) is 6.42 Å². The number of carbonyl (C=O) groups excluding carboxylic acids is 1. The molecule has 0 spiro atoms. The molecular weight excluding hydrogens is 302 g/mol. The molecule has 0 saturated carbocycles. The van der Waals surface area contributed by atoms with E-state index in [1.54, 1.807) is 18.3 Å². The van der Waals surface area contributed by atoms with Crippen LogP contribution < -0.4 is 5.32 Å². The highest BCUT2D eigenvalue weighted by atomic mass is 16.4. The molecule has 1 aromatic heterocycles. The van der Waals surface area contributed by atoms with Gasteiger partial charge in [0, 0.05) is 24.9 Å². The largest absolute Gasteiger partial charge is 0.478 e. The first-order valence-corrected chi connectivity index (χ1v) is 6.80. The van der Waals surface area contributed by atoms with Crippen molar-refractivity contribution in [2.24, 2.45) is 0 Å². The topological polar surface area (TPSA) is 120 Å². The number of carboxylic acids is 2. The predicted octanol–water partition coefficient (Wildman–Crippen LogP) is 0.475. The van der Waals surface area contributed by atoms with Gasteiger partial charge >= 0.3 is 11.9 Å². The minimum atomic E-state index is -1.26. The summed E-state index contributed by atoms with van der Waals surface area (Å²) in [6.07, 6.45) is 3.69. The molecular formula is C15H21N3O5. The average Bonchev–Trinajstić information content (AvgIpc) is 2.50. The number of aliphatic carboxylic acids is 2. The predicted molar refractivity (Wildman–Crippen MR) is 84.2 cm³/mol. The van der Waals surface area contributed by atoms with Crippen LogP contribution in [0.1, 0.15) is 16.9 Å². The first-order valence-electron chi connectivity index (χ1n) is 6.80. The maximum Gasteiger partial charge on any atom is 0.328 e. The Morgan fingerprint density at radius 1 is 1.17 bits per heavy atom. The van der Waals surface area contributed by atoms with E-state index in [0.717, 1.165) is 13.0 Å². The zero-order chi connectivity index (χ0) is 17.7. The number of rotatable bonds is 7. The Bertz CT molecular complexity index is 513. The highest BCUT2D eigenvalue weighted by Gasteiger charge is 2.04. The summed E-state index contributed by atoms with van der Waals surface area (Å²) in [4.78, 5) is 36.7. The molecule has 126 valence electrons. The number of amides is 1. The fraction of sp³-hybridized carbons (Fsp3) is 0.333. The third-order valence-corrected chi connectivity index (χ3v) is 2.33. The lowest BCUT2D eigenvalue weighted by Crippen LogP contribution is -2.27. The van der Waals surface area contributed by atoms with Crippen LogP contribution in [0.5, 0.6) is 0 Å².